The van der Waals surface area contributed by atoms with Crippen LogP contribution in [0.15, 0.2) is 17.0 Å². The predicted molar refractivity (Wildman–Crippen MR) is 82.5 cm³/mol. The summed E-state index contributed by atoms with van der Waals surface area (Å²) in [6.45, 7) is 7.46. The van der Waals surface area contributed by atoms with Gasteiger partial charge in [-0.05, 0) is 20.3 Å². The molecule has 2 rings (SSSR count). The van der Waals surface area contributed by atoms with Crippen molar-refractivity contribution >= 4 is 15.9 Å². The quantitative estimate of drug-likeness (QED) is 0.783. The number of rotatable bonds is 5. The number of nitrogens with one attached hydrogen (secondary N) is 1. The standard InChI is InChI=1S/C14H21N3O5S/c1-8(2)11-10(6-7-22-11)13(18)16-23(19,20)12-9(3)15-17(4)14(12)21-5/h10-11H,1,6-7H2,2-5H3,(H,16,18)/t10-,11-/m1/s1. The number of sulfonamides is 1. The topological polar surface area (TPSA) is 99.5 Å². The SMILES string of the molecule is C=C(C)[C@H]1OCC[C@H]1C(=O)NS(=O)(=O)c1c(C)nn(C)c1OC. The van der Waals surface area contributed by atoms with Gasteiger partial charge < -0.3 is 9.47 Å². The zero-order valence-corrected chi connectivity index (χ0v) is 14.4. The molecule has 2 atom stereocenters. The molecule has 1 aliphatic heterocycles. The summed E-state index contributed by atoms with van der Waals surface area (Å²) in [6, 6.07) is 0. The van der Waals surface area contributed by atoms with Crippen molar-refractivity contribution < 1.29 is 22.7 Å². The molecule has 8 nitrogen and oxygen atoms in total. The number of nitrogens with zero attached hydrogens (tertiary/aromatic N) is 2. The van der Waals surface area contributed by atoms with E-state index in [1.165, 1.54) is 18.7 Å². The van der Waals surface area contributed by atoms with Crippen molar-refractivity contribution in [1.29, 1.82) is 0 Å². The zero-order chi connectivity index (χ0) is 17.4. The van der Waals surface area contributed by atoms with Crippen molar-refractivity contribution in [1.82, 2.24) is 14.5 Å². The molecule has 0 radical (unpaired) electrons. The van der Waals surface area contributed by atoms with Gasteiger partial charge in [-0.1, -0.05) is 12.2 Å². The third-order valence-electron chi connectivity index (χ3n) is 3.73. The second-order valence-electron chi connectivity index (χ2n) is 5.55. The van der Waals surface area contributed by atoms with Gasteiger partial charge in [0, 0.05) is 13.7 Å². The fraction of sp³-hybridized carbons (Fsp3) is 0.571. The highest BCUT2D eigenvalue weighted by Crippen LogP contribution is 2.29. The number of aryl methyl sites for hydroxylation is 2. The van der Waals surface area contributed by atoms with Crippen molar-refractivity contribution in [2.75, 3.05) is 13.7 Å². The van der Waals surface area contributed by atoms with Crippen LogP contribution in [-0.4, -0.2) is 43.9 Å². The lowest BCUT2D eigenvalue weighted by molar-refractivity contribution is -0.124. The number of ether oxygens (including phenoxy) is 2. The van der Waals surface area contributed by atoms with Gasteiger partial charge in [0.15, 0.2) is 4.90 Å². The first kappa shape index (κ1) is 17.5. The van der Waals surface area contributed by atoms with Gasteiger partial charge in [-0.2, -0.15) is 5.10 Å². The lowest BCUT2D eigenvalue weighted by Gasteiger charge is -2.18. The number of aromatic nitrogens is 2. The van der Waals surface area contributed by atoms with Gasteiger partial charge in [-0.15, -0.1) is 0 Å². The van der Waals surface area contributed by atoms with Crippen molar-refractivity contribution in [2.45, 2.75) is 31.3 Å². The van der Waals surface area contributed by atoms with Gasteiger partial charge in [0.25, 0.3) is 10.0 Å². The van der Waals surface area contributed by atoms with E-state index in [9.17, 15) is 13.2 Å². The number of hydrogen-bond donors (Lipinski definition) is 1. The average Bonchev–Trinajstić information content (AvgIpc) is 3.02. The number of methoxy groups -OCH3 is 1. The third-order valence-corrected chi connectivity index (χ3v) is 5.21. The summed E-state index contributed by atoms with van der Waals surface area (Å²) in [6.07, 6.45) is -0.0238. The molecule has 1 aromatic rings. The minimum Gasteiger partial charge on any atom is -0.480 e. The van der Waals surface area contributed by atoms with E-state index in [1.54, 1.807) is 14.0 Å². The van der Waals surface area contributed by atoms with Gasteiger partial charge in [0.1, 0.15) is 0 Å². The molecule has 1 amide bonds. The normalized spacial score (nSPS) is 21.2. The Balaban J connectivity index is 2.29. The van der Waals surface area contributed by atoms with Gasteiger partial charge in [-0.3, -0.25) is 4.79 Å². The van der Waals surface area contributed by atoms with Crippen molar-refractivity contribution in [3.05, 3.63) is 17.8 Å². The Morgan fingerprint density at radius 3 is 2.74 bits per heavy atom. The van der Waals surface area contributed by atoms with Crippen molar-refractivity contribution in [3.8, 4) is 5.88 Å². The molecule has 0 unspecified atom stereocenters. The van der Waals surface area contributed by atoms with E-state index < -0.39 is 28.0 Å². The highest BCUT2D eigenvalue weighted by molar-refractivity contribution is 7.90. The minimum atomic E-state index is -4.09. The van der Waals surface area contributed by atoms with E-state index >= 15 is 0 Å². The van der Waals surface area contributed by atoms with E-state index in [0.717, 1.165) is 0 Å². The van der Waals surface area contributed by atoms with Crippen LogP contribution in [-0.2, 0) is 26.6 Å². The first-order chi connectivity index (χ1) is 10.7. The summed E-state index contributed by atoms with van der Waals surface area (Å²) < 4.78 is 39.1. The zero-order valence-electron chi connectivity index (χ0n) is 13.6. The van der Waals surface area contributed by atoms with E-state index in [0.29, 0.717) is 18.6 Å². The Morgan fingerprint density at radius 2 is 2.17 bits per heavy atom. The Morgan fingerprint density at radius 1 is 1.52 bits per heavy atom. The molecule has 0 aromatic carbocycles. The monoisotopic (exact) mass is 343 g/mol. The smallest absolute Gasteiger partial charge is 0.271 e. The largest absolute Gasteiger partial charge is 0.480 e. The fourth-order valence-electron chi connectivity index (χ4n) is 2.75. The molecule has 0 saturated carbocycles. The average molecular weight is 343 g/mol. The summed E-state index contributed by atoms with van der Waals surface area (Å²) in [5, 5.41) is 4.02. The van der Waals surface area contributed by atoms with Crippen LogP contribution in [0.1, 0.15) is 19.0 Å². The third kappa shape index (κ3) is 3.25. The molecule has 1 fully saturated rings. The van der Waals surface area contributed by atoms with Gasteiger partial charge >= 0.3 is 0 Å². The van der Waals surface area contributed by atoms with Gasteiger partial charge in [-0.25, -0.2) is 17.8 Å². The van der Waals surface area contributed by atoms with E-state index in [1.807, 2.05) is 0 Å². The van der Waals surface area contributed by atoms with Gasteiger partial charge in [0.05, 0.1) is 24.8 Å². The minimum absolute atomic E-state index is 0.0712. The number of carbonyl (C=O) groups is 1. The van der Waals surface area contributed by atoms with Crippen LogP contribution in [0.2, 0.25) is 0 Å². The number of amides is 1. The van der Waals surface area contributed by atoms with Crippen LogP contribution in [0, 0.1) is 12.8 Å². The first-order valence-corrected chi connectivity index (χ1v) is 8.58. The van der Waals surface area contributed by atoms with Crippen LogP contribution in [0.5, 0.6) is 5.88 Å². The highest BCUT2D eigenvalue weighted by atomic mass is 32.2. The molecule has 2 heterocycles. The molecule has 128 valence electrons. The molecule has 9 heteroatoms. The summed E-state index contributed by atoms with van der Waals surface area (Å²) in [7, 11) is -1.18. The molecular weight excluding hydrogens is 322 g/mol. The summed E-state index contributed by atoms with van der Waals surface area (Å²) >= 11 is 0. The lowest BCUT2D eigenvalue weighted by atomic mass is 9.96. The molecule has 1 aromatic heterocycles. The summed E-state index contributed by atoms with van der Waals surface area (Å²) in [4.78, 5) is 12.3. The van der Waals surface area contributed by atoms with Crippen LogP contribution in [0.25, 0.3) is 0 Å². The molecule has 0 spiro atoms. The lowest BCUT2D eigenvalue weighted by Crippen LogP contribution is -2.39. The molecule has 1 saturated heterocycles. The maximum Gasteiger partial charge on any atom is 0.271 e. The molecule has 1 aliphatic rings. The summed E-state index contributed by atoms with van der Waals surface area (Å²) in [5.41, 5.74) is 0.943. The van der Waals surface area contributed by atoms with E-state index in [2.05, 4.69) is 16.4 Å². The van der Waals surface area contributed by atoms with Crippen LogP contribution < -0.4 is 9.46 Å². The van der Waals surface area contributed by atoms with E-state index in [4.69, 9.17) is 9.47 Å². The highest BCUT2D eigenvalue weighted by Gasteiger charge is 2.38. The Hall–Kier alpha value is -1.87. The molecule has 0 aliphatic carbocycles. The van der Waals surface area contributed by atoms with Gasteiger partial charge in [0.2, 0.25) is 11.8 Å². The Bertz CT molecular complexity index is 738. The van der Waals surface area contributed by atoms with Crippen molar-refractivity contribution in [3.63, 3.8) is 0 Å². The maximum absolute atomic E-state index is 12.6. The maximum atomic E-state index is 12.6. The predicted octanol–water partition coefficient (Wildman–Crippen LogP) is 0.523. The van der Waals surface area contributed by atoms with Crippen molar-refractivity contribution in [2.24, 2.45) is 13.0 Å². The Kier molecular flexibility index (Phi) is 4.81. The van der Waals surface area contributed by atoms with Crippen LogP contribution >= 0.6 is 0 Å². The van der Waals surface area contributed by atoms with E-state index in [-0.39, 0.29) is 16.5 Å². The summed E-state index contributed by atoms with van der Waals surface area (Å²) in [5.74, 6) is -1.12. The number of carbonyl (C=O) groups excluding carboxylic acids is 1. The molecule has 1 N–H and O–H groups in total. The van der Waals surface area contributed by atoms with Crippen LogP contribution in [0.4, 0.5) is 0 Å². The second-order valence-corrected chi connectivity index (χ2v) is 7.17. The molecule has 0 bridgehead atoms. The second kappa shape index (κ2) is 6.32. The molecule has 23 heavy (non-hydrogen) atoms. The Labute approximate surface area is 135 Å². The van der Waals surface area contributed by atoms with Crippen LogP contribution in [0.3, 0.4) is 0 Å². The number of hydrogen-bond acceptors (Lipinski definition) is 6. The fourth-order valence-corrected chi connectivity index (χ4v) is 4.15. The first-order valence-electron chi connectivity index (χ1n) is 7.10. The molecular formula is C14H21N3O5S.